The fraction of sp³-hybridized carbons (Fsp3) is 0.562. The first kappa shape index (κ1) is 16.5. The summed E-state index contributed by atoms with van der Waals surface area (Å²) in [5, 5.41) is 12.0. The summed E-state index contributed by atoms with van der Waals surface area (Å²) in [6, 6.07) is 2.05. The Morgan fingerprint density at radius 2 is 2.30 bits per heavy atom. The third kappa shape index (κ3) is 4.81. The quantitative estimate of drug-likeness (QED) is 0.778. The van der Waals surface area contributed by atoms with E-state index in [9.17, 15) is 4.79 Å². The molecular weight excluding hydrogens is 328 g/mol. The molecule has 3 rings (SSSR count). The van der Waals surface area contributed by atoms with Crippen molar-refractivity contribution in [2.75, 3.05) is 12.8 Å². The number of thiophene rings is 1. The van der Waals surface area contributed by atoms with Crippen LogP contribution in [-0.4, -0.2) is 38.8 Å². The largest absolute Gasteiger partial charge is 0.341 e. The average molecular weight is 351 g/mol. The SMILES string of the molecule is CN(Cc1ccsc1)C(=O)CSc1n[nH]c(CC2CCCC2)n1. The minimum atomic E-state index is 0.100. The number of nitrogens with one attached hydrogen (secondary N) is 1. The lowest BCUT2D eigenvalue weighted by Crippen LogP contribution is -2.27. The second kappa shape index (κ2) is 7.97. The highest BCUT2D eigenvalue weighted by atomic mass is 32.2. The van der Waals surface area contributed by atoms with Crippen LogP contribution in [-0.2, 0) is 17.8 Å². The molecule has 0 unspecified atom stereocenters. The molecule has 0 aromatic carbocycles. The van der Waals surface area contributed by atoms with Gasteiger partial charge >= 0.3 is 0 Å². The van der Waals surface area contributed by atoms with Gasteiger partial charge in [0.05, 0.1) is 5.75 Å². The van der Waals surface area contributed by atoms with Crippen molar-refractivity contribution in [2.45, 2.75) is 43.8 Å². The van der Waals surface area contributed by atoms with Crippen molar-refractivity contribution >= 4 is 29.0 Å². The van der Waals surface area contributed by atoms with E-state index in [0.29, 0.717) is 17.5 Å². The summed E-state index contributed by atoms with van der Waals surface area (Å²) in [6.45, 7) is 0.657. The van der Waals surface area contributed by atoms with E-state index in [1.54, 1.807) is 16.2 Å². The summed E-state index contributed by atoms with van der Waals surface area (Å²) >= 11 is 3.06. The molecule has 1 N–H and O–H groups in total. The fourth-order valence-corrected chi connectivity index (χ4v) is 4.32. The van der Waals surface area contributed by atoms with Gasteiger partial charge in [-0.15, -0.1) is 5.10 Å². The standard InChI is InChI=1S/C16H22N4OS2/c1-20(9-13-6-7-22-10-13)15(21)11-23-16-17-14(18-19-16)8-12-4-2-3-5-12/h6-7,10,12H,2-5,8-9,11H2,1H3,(H,17,18,19). The molecule has 0 bridgehead atoms. The Balaban J connectivity index is 1.44. The summed E-state index contributed by atoms with van der Waals surface area (Å²) in [7, 11) is 1.84. The zero-order valence-corrected chi connectivity index (χ0v) is 15.0. The Hall–Kier alpha value is -1.34. The van der Waals surface area contributed by atoms with Gasteiger partial charge in [0, 0.05) is 20.0 Å². The lowest BCUT2D eigenvalue weighted by atomic mass is 10.0. The van der Waals surface area contributed by atoms with Crippen molar-refractivity contribution in [2.24, 2.45) is 5.92 Å². The monoisotopic (exact) mass is 350 g/mol. The van der Waals surface area contributed by atoms with E-state index in [1.807, 2.05) is 18.5 Å². The number of rotatable bonds is 7. The van der Waals surface area contributed by atoms with Gasteiger partial charge in [-0.3, -0.25) is 9.89 Å². The first-order chi connectivity index (χ1) is 11.2. The topological polar surface area (TPSA) is 61.9 Å². The van der Waals surface area contributed by atoms with E-state index >= 15 is 0 Å². The zero-order valence-electron chi connectivity index (χ0n) is 13.3. The van der Waals surface area contributed by atoms with E-state index in [-0.39, 0.29) is 5.91 Å². The molecule has 1 aliphatic rings. The first-order valence-electron chi connectivity index (χ1n) is 8.00. The molecule has 2 aromatic rings. The lowest BCUT2D eigenvalue weighted by Gasteiger charge is -2.15. The van der Waals surface area contributed by atoms with Crippen molar-refractivity contribution in [1.82, 2.24) is 20.1 Å². The van der Waals surface area contributed by atoms with E-state index in [4.69, 9.17) is 0 Å². The maximum atomic E-state index is 12.2. The maximum absolute atomic E-state index is 12.2. The minimum absolute atomic E-state index is 0.100. The molecule has 0 spiro atoms. The number of H-pyrrole nitrogens is 1. The van der Waals surface area contributed by atoms with Gasteiger partial charge in [0.1, 0.15) is 5.82 Å². The molecule has 7 heteroatoms. The van der Waals surface area contributed by atoms with E-state index in [1.165, 1.54) is 43.0 Å². The van der Waals surface area contributed by atoms with Gasteiger partial charge in [0.25, 0.3) is 0 Å². The van der Waals surface area contributed by atoms with Crippen LogP contribution in [0.25, 0.3) is 0 Å². The first-order valence-corrected chi connectivity index (χ1v) is 9.92. The average Bonchev–Trinajstić information content (AvgIpc) is 3.28. The van der Waals surface area contributed by atoms with Crippen LogP contribution in [0.5, 0.6) is 0 Å². The van der Waals surface area contributed by atoms with E-state index < -0.39 is 0 Å². The smallest absolute Gasteiger partial charge is 0.233 e. The maximum Gasteiger partial charge on any atom is 0.233 e. The van der Waals surface area contributed by atoms with Crippen molar-refractivity contribution in [3.05, 3.63) is 28.2 Å². The van der Waals surface area contributed by atoms with Crippen LogP contribution in [0.4, 0.5) is 0 Å². The summed E-state index contributed by atoms with van der Waals surface area (Å²) in [6.07, 6.45) is 6.26. The Labute approximate surface area is 144 Å². The van der Waals surface area contributed by atoms with Gasteiger partial charge < -0.3 is 4.90 Å². The second-order valence-electron chi connectivity index (χ2n) is 6.09. The molecule has 23 heavy (non-hydrogen) atoms. The van der Waals surface area contributed by atoms with Crippen LogP contribution < -0.4 is 0 Å². The minimum Gasteiger partial charge on any atom is -0.341 e. The van der Waals surface area contributed by atoms with Crippen LogP contribution in [0.15, 0.2) is 22.0 Å². The normalized spacial score (nSPS) is 15.2. The Morgan fingerprint density at radius 1 is 1.48 bits per heavy atom. The molecule has 0 radical (unpaired) electrons. The second-order valence-corrected chi connectivity index (χ2v) is 7.81. The molecule has 1 amide bonds. The Kier molecular flexibility index (Phi) is 5.72. The molecule has 124 valence electrons. The fourth-order valence-electron chi connectivity index (χ4n) is 2.90. The molecule has 1 fully saturated rings. The molecule has 0 atom stereocenters. The number of hydrogen-bond donors (Lipinski definition) is 1. The van der Waals surface area contributed by atoms with Gasteiger partial charge in [-0.1, -0.05) is 37.4 Å². The summed E-state index contributed by atoms with van der Waals surface area (Å²) in [5.74, 6) is 2.18. The zero-order chi connectivity index (χ0) is 16.1. The predicted octanol–water partition coefficient (Wildman–Crippen LogP) is 3.35. The van der Waals surface area contributed by atoms with Gasteiger partial charge in [-0.25, -0.2) is 4.98 Å². The lowest BCUT2D eigenvalue weighted by molar-refractivity contribution is -0.127. The molecular formula is C16H22N4OS2. The van der Waals surface area contributed by atoms with Gasteiger partial charge in [0.2, 0.25) is 11.1 Å². The van der Waals surface area contributed by atoms with Gasteiger partial charge in [-0.2, -0.15) is 11.3 Å². The van der Waals surface area contributed by atoms with Crippen LogP contribution in [0.3, 0.4) is 0 Å². The van der Waals surface area contributed by atoms with Crippen LogP contribution in [0.1, 0.15) is 37.1 Å². The van der Waals surface area contributed by atoms with Crippen molar-refractivity contribution in [3.8, 4) is 0 Å². The van der Waals surface area contributed by atoms with E-state index in [2.05, 4.69) is 20.6 Å². The number of hydrogen-bond acceptors (Lipinski definition) is 5. The van der Waals surface area contributed by atoms with Crippen LogP contribution in [0.2, 0.25) is 0 Å². The summed E-state index contributed by atoms with van der Waals surface area (Å²) < 4.78 is 0. The van der Waals surface area contributed by atoms with Crippen molar-refractivity contribution < 1.29 is 4.79 Å². The third-order valence-electron chi connectivity index (χ3n) is 4.22. The van der Waals surface area contributed by atoms with Crippen molar-refractivity contribution in [1.29, 1.82) is 0 Å². The number of carbonyl (C=O) groups is 1. The third-order valence-corrected chi connectivity index (χ3v) is 5.78. The highest BCUT2D eigenvalue weighted by Gasteiger charge is 2.18. The van der Waals surface area contributed by atoms with Crippen LogP contribution >= 0.6 is 23.1 Å². The number of carbonyl (C=O) groups excluding carboxylic acids is 1. The number of amides is 1. The Morgan fingerprint density at radius 3 is 3.04 bits per heavy atom. The number of thioether (sulfide) groups is 1. The molecule has 5 nitrogen and oxygen atoms in total. The molecule has 1 aliphatic carbocycles. The van der Waals surface area contributed by atoms with E-state index in [0.717, 1.165) is 18.2 Å². The highest BCUT2D eigenvalue weighted by Crippen LogP contribution is 2.27. The highest BCUT2D eigenvalue weighted by molar-refractivity contribution is 7.99. The summed E-state index contributed by atoms with van der Waals surface area (Å²) in [5.41, 5.74) is 1.17. The molecule has 1 saturated carbocycles. The number of aromatic nitrogens is 3. The predicted molar refractivity (Wildman–Crippen MR) is 93.6 cm³/mol. The Bertz CT molecular complexity index is 620. The van der Waals surface area contributed by atoms with Crippen LogP contribution in [0, 0.1) is 5.92 Å². The van der Waals surface area contributed by atoms with Gasteiger partial charge in [-0.05, 0) is 28.3 Å². The molecule has 0 saturated heterocycles. The molecule has 0 aliphatic heterocycles. The number of nitrogens with zero attached hydrogens (tertiary/aromatic N) is 3. The van der Waals surface area contributed by atoms with Crippen molar-refractivity contribution in [3.63, 3.8) is 0 Å². The molecule has 2 aromatic heterocycles. The summed E-state index contributed by atoms with van der Waals surface area (Å²) in [4.78, 5) is 18.4. The molecule has 2 heterocycles. The van der Waals surface area contributed by atoms with Gasteiger partial charge in [0.15, 0.2) is 0 Å². The number of aromatic amines is 1.